The molecule has 0 nitrogen and oxygen atoms in total. The summed E-state index contributed by atoms with van der Waals surface area (Å²) in [5.74, 6) is 2.83. The van der Waals surface area contributed by atoms with Gasteiger partial charge in [-0.15, -0.1) is 6.92 Å². The second-order valence-electron chi connectivity index (χ2n) is 16.3. The molecule has 238 valence electrons. The first kappa shape index (κ1) is 39.4. The number of benzene rings is 1. The van der Waals surface area contributed by atoms with E-state index in [0.29, 0.717) is 17.3 Å². The van der Waals surface area contributed by atoms with Gasteiger partial charge in [0.1, 0.15) is 0 Å². The van der Waals surface area contributed by atoms with E-state index < -0.39 is 0 Å². The molecule has 5 aliphatic carbocycles. The van der Waals surface area contributed by atoms with Crippen molar-refractivity contribution in [2.45, 2.75) is 115 Å². The normalized spacial score (nSPS) is 28.2. The summed E-state index contributed by atoms with van der Waals surface area (Å²) in [6, 6.07) is 9.16. The molecule has 1 fully saturated rings. The maximum atomic E-state index is 3.40. The van der Waals surface area contributed by atoms with Gasteiger partial charge in [0.05, 0.1) is 0 Å². The van der Waals surface area contributed by atoms with Crippen LogP contribution in [0.2, 0.25) is 0 Å². The van der Waals surface area contributed by atoms with Gasteiger partial charge in [-0.3, -0.25) is 6.08 Å². The molecule has 1 saturated carbocycles. The summed E-state index contributed by atoms with van der Waals surface area (Å²) in [7, 11) is 0. The SMILES string of the molecule is CCCC1[C-]=CC(C(C)(C)C)=C1.C[C-]1C2=C3Cc4ccccc4C3=C3C=CCCC3C2(C)C(C)(C)C(C)(C)C1(C)C.[Cl-].[Cl-].[Zr+4]. The first-order valence-electron chi connectivity index (χ1n) is 16.4. The van der Waals surface area contributed by atoms with Crippen LogP contribution in [0.15, 0.2) is 70.9 Å². The summed E-state index contributed by atoms with van der Waals surface area (Å²) in [4.78, 5) is 0. The maximum absolute atomic E-state index is 3.40. The van der Waals surface area contributed by atoms with Gasteiger partial charge in [-0.1, -0.05) is 165 Å². The zero-order valence-electron chi connectivity index (χ0n) is 29.6. The van der Waals surface area contributed by atoms with E-state index in [0.717, 1.165) is 6.42 Å². The maximum Gasteiger partial charge on any atom is 4.00 e. The van der Waals surface area contributed by atoms with Crippen LogP contribution in [0.5, 0.6) is 0 Å². The molecule has 3 heteroatoms. The second kappa shape index (κ2) is 13.4. The third-order valence-corrected chi connectivity index (χ3v) is 13.1. The van der Waals surface area contributed by atoms with Crippen molar-refractivity contribution < 1.29 is 51.0 Å². The van der Waals surface area contributed by atoms with Crippen LogP contribution in [0, 0.1) is 50.9 Å². The van der Waals surface area contributed by atoms with Crippen LogP contribution in [-0.2, 0) is 32.6 Å². The van der Waals surface area contributed by atoms with Crippen LogP contribution in [0.4, 0.5) is 0 Å². The molecule has 0 N–H and O–H groups in total. The standard InChI is InChI=1S/C29H37.C12H19.2ClH.Zr/c1-18-25-22-17-19-13-9-10-14-20(19)24(22)21-15-11-12-16-23(21)29(25,8)28(6,7)27(4,5)26(18,2)3;1-5-6-10-7-8-11(9-10)12(2,3)4;;;/h9-11,13-15,23H,12,16-17H2,1-8H3;8-10H,5-6H2,1-4H3;2*1H;/q2*-1;;;+4/p-2. The van der Waals surface area contributed by atoms with Gasteiger partial charge in [0, 0.05) is 0 Å². The van der Waals surface area contributed by atoms with Gasteiger partial charge < -0.3 is 24.8 Å². The van der Waals surface area contributed by atoms with E-state index in [-0.39, 0.29) is 72.7 Å². The Morgan fingerprint density at radius 2 is 1.59 bits per heavy atom. The van der Waals surface area contributed by atoms with Crippen molar-refractivity contribution in [2.75, 3.05) is 0 Å². The van der Waals surface area contributed by atoms with Gasteiger partial charge in [0.15, 0.2) is 0 Å². The Hall–Kier alpha value is -0.747. The molecule has 3 atom stereocenters. The fourth-order valence-corrected chi connectivity index (χ4v) is 9.02. The van der Waals surface area contributed by atoms with Crippen molar-refractivity contribution in [1.29, 1.82) is 0 Å². The Balaban J connectivity index is 0.000000386. The van der Waals surface area contributed by atoms with Crippen LogP contribution in [0.25, 0.3) is 5.57 Å². The summed E-state index contributed by atoms with van der Waals surface area (Å²) >= 11 is 0. The summed E-state index contributed by atoms with van der Waals surface area (Å²) < 4.78 is 0. The van der Waals surface area contributed by atoms with Crippen molar-refractivity contribution >= 4 is 5.57 Å². The molecule has 3 unspecified atom stereocenters. The van der Waals surface area contributed by atoms with E-state index in [1.54, 1.807) is 28.2 Å². The predicted octanol–water partition coefficient (Wildman–Crippen LogP) is 5.72. The van der Waals surface area contributed by atoms with Crippen LogP contribution in [-0.4, -0.2) is 0 Å². The van der Waals surface area contributed by atoms with Crippen molar-refractivity contribution in [3.63, 3.8) is 0 Å². The zero-order valence-corrected chi connectivity index (χ0v) is 33.5. The van der Waals surface area contributed by atoms with Crippen LogP contribution in [0.1, 0.15) is 120 Å². The van der Waals surface area contributed by atoms with E-state index in [2.05, 4.69) is 138 Å². The Labute approximate surface area is 302 Å². The van der Waals surface area contributed by atoms with Crippen molar-refractivity contribution in [1.82, 2.24) is 0 Å². The molecule has 1 aromatic rings. The fraction of sp³-hybridized carbons (Fsp3) is 0.585. The number of hydrogen-bond donors (Lipinski definition) is 0. The van der Waals surface area contributed by atoms with Crippen molar-refractivity contribution in [2.24, 2.45) is 38.9 Å². The van der Waals surface area contributed by atoms with Crippen LogP contribution < -0.4 is 24.8 Å². The minimum absolute atomic E-state index is 0. The molecular formula is C41H56Cl2Zr. The summed E-state index contributed by atoms with van der Waals surface area (Å²) in [5.41, 5.74) is 12.0. The summed E-state index contributed by atoms with van der Waals surface area (Å²) in [5, 5.41) is 0. The van der Waals surface area contributed by atoms with E-state index in [4.69, 9.17) is 0 Å². The Bertz CT molecular complexity index is 1370. The monoisotopic (exact) mass is 708 g/mol. The average Bonchev–Trinajstić information content (AvgIpc) is 3.53. The molecule has 0 aliphatic heterocycles. The molecule has 1 aromatic carbocycles. The predicted molar refractivity (Wildman–Crippen MR) is 178 cm³/mol. The van der Waals surface area contributed by atoms with Gasteiger partial charge in [-0.05, 0) is 40.6 Å². The Morgan fingerprint density at radius 3 is 2.18 bits per heavy atom. The molecule has 0 radical (unpaired) electrons. The molecular weight excluding hydrogens is 655 g/mol. The number of halogens is 2. The van der Waals surface area contributed by atoms with Crippen LogP contribution >= 0.6 is 0 Å². The molecule has 5 aliphatic rings. The van der Waals surface area contributed by atoms with Gasteiger partial charge in [0.25, 0.3) is 0 Å². The molecule has 0 amide bonds. The largest absolute Gasteiger partial charge is 4.00 e. The first-order chi connectivity index (χ1) is 19.0. The summed E-state index contributed by atoms with van der Waals surface area (Å²) in [6.07, 6.45) is 18.9. The molecule has 0 bridgehead atoms. The number of allylic oxidation sites excluding steroid dienone is 10. The molecule has 6 rings (SSSR count). The molecule has 44 heavy (non-hydrogen) atoms. The summed E-state index contributed by atoms with van der Waals surface area (Å²) in [6.45, 7) is 29.3. The number of hydrogen-bond acceptors (Lipinski definition) is 0. The Morgan fingerprint density at radius 1 is 0.955 bits per heavy atom. The topological polar surface area (TPSA) is 0 Å². The minimum atomic E-state index is 0. The zero-order chi connectivity index (χ0) is 30.2. The van der Waals surface area contributed by atoms with E-state index in [1.807, 2.05) is 0 Å². The third kappa shape index (κ3) is 5.70. The first-order valence-corrected chi connectivity index (χ1v) is 16.4. The van der Waals surface area contributed by atoms with E-state index in [9.17, 15) is 0 Å². The minimum Gasteiger partial charge on any atom is -1.00 e. The van der Waals surface area contributed by atoms with E-state index >= 15 is 0 Å². The van der Waals surface area contributed by atoms with Gasteiger partial charge in [-0.25, -0.2) is 12.0 Å². The average molecular weight is 711 g/mol. The van der Waals surface area contributed by atoms with Crippen molar-refractivity contribution in [3.05, 3.63) is 94.0 Å². The second-order valence-corrected chi connectivity index (χ2v) is 16.3. The quantitative estimate of drug-likeness (QED) is 0.345. The molecule has 0 spiro atoms. The van der Waals surface area contributed by atoms with Gasteiger partial charge in [0.2, 0.25) is 0 Å². The molecule has 0 aromatic heterocycles. The number of rotatable bonds is 2. The van der Waals surface area contributed by atoms with Crippen LogP contribution in [0.3, 0.4) is 0 Å². The number of fused-ring (bicyclic) bond motifs is 6. The van der Waals surface area contributed by atoms with Crippen molar-refractivity contribution in [3.8, 4) is 0 Å². The smallest absolute Gasteiger partial charge is 1.00 e. The van der Waals surface area contributed by atoms with Gasteiger partial charge in [-0.2, -0.15) is 22.8 Å². The van der Waals surface area contributed by atoms with Gasteiger partial charge >= 0.3 is 26.2 Å². The molecule has 0 heterocycles. The fourth-order valence-electron chi connectivity index (χ4n) is 9.02. The Kier molecular flexibility index (Phi) is 12.0. The molecule has 0 saturated heterocycles. The third-order valence-electron chi connectivity index (χ3n) is 13.1. The van der Waals surface area contributed by atoms with E-state index in [1.165, 1.54) is 42.4 Å².